The number of benzene rings is 1. The monoisotopic (exact) mass is 265 g/mol. The maximum absolute atomic E-state index is 5.80. The van der Waals surface area contributed by atoms with Gasteiger partial charge in [-0.2, -0.15) is 0 Å². The Hall–Kier alpha value is -2.49. The van der Waals surface area contributed by atoms with Gasteiger partial charge in [-0.1, -0.05) is 18.2 Å². The van der Waals surface area contributed by atoms with Crippen molar-refractivity contribution in [1.29, 1.82) is 0 Å². The molecule has 0 saturated heterocycles. The molecule has 1 N–H and O–H groups in total. The van der Waals surface area contributed by atoms with Gasteiger partial charge in [0.1, 0.15) is 5.76 Å². The Labute approximate surface area is 116 Å². The van der Waals surface area contributed by atoms with Crippen molar-refractivity contribution in [3.63, 3.8) is 0 Å². The lowest BCUT2D eigenvalue weighted by Gasteiger charge is -2.09. The van der Waals surface area contributed by atoms with Gasteiger partial charge in [-0.15, -0.1) is 0 Å². The van der Waals surface area contributed by atoms with Gasteiger partial charge < -0.3 is 9.73 Å². The molecule has 0 radical (unpaired) electrons. The number of furan rings is 1. The first-order chi connectivity index (χ1) is 9.83. The Morgan fingerprint density at radius 3 is 2.85 bits per heavy atom. The minimum Gasteiger partial charge on any atom is -0.460 e. The van der Waals surface area contributed by atoms with Crippen LogP contribution in [0.15, 0.2) is 51.9 Å². The molecular weight excluding hydrogens is 250 g/mol. The molecule has 0 amide bonds. The lowest BCUT2D eigenvalue weighted by Crippen LogP contribution is -2.26. The first-order valence-electron chi connectivity index (χ1n) is 6.79. The summed E-state index contributed by atoms with van der Waals surface area (Å²) < 4.78 is 7.94. The van der Waals surface area contributed by atoms with E-state index in [1.807, 2.05) is 31.2 Å². The largest absolute Gasteiger partial charge is 0.460 e. The van der Waals surface area contributed by atoms with Gasteiger partial charge in [0.15, 0.2) is 5.76 Å². The average molecular weight is 265 g/mol. The maximum Gasteiger partial charge on any atom is 0.203 e. The number of fused-ring (bicyclic) bond motifs is 1. The van der Waals surface area contributed by atoms with Gasteiger partial charge in [-0.25, -0.2) is 0 Å². The molecule has 3 heterocycles. The smallest absolute Gasteiger partial charge is 0.203 e. The number of aromatic nitrogens is 1. The quantitative estimate of drug-likeness (QED) is 0.735. The number of hydrogen-bond donors (Lipinski definition) is 1. The van der Waals surface area contributed by atoms with Crippen LogP contribution in [-0.4, -0.2) is 23.6 Å². The van der Waals surface area contributed by atoms with Crippen molar-refractivity contribution in [3.05, 3.63) is 48.2 Å². The normalized spacial score (nSPS) is 14.6. The topological polar surface area (TPSA) is 42.5 Å². The van der Waals surface area contributed by atoms with Crippen LogP contribution in [0.1, 0.15) is 5.76 Å². The maximum atomic E-state index is 5.80. The lowest BCUT2D eigenvalue weighted by atomic mass is 10.2. The SMILES string of the molecule is Cc1ccc(-c2cc3ccccc3n2C2=NCCN2)o1. The van der Waals surface area contributed by atoms with Crippen molar-refractivity contribution in [2.75, 3.05) is 13.1 Å². The predicted molar refractivity (Wildman–Crippen MR) is 80.1 cm³/mol. The summed E-state index contributed by atoms with van der Waals surface area (Å²) in [5.74, 6) is 2.68. The molecule has 0 spiro atoms. The average Bonchev–Trinajstić information content (AvgIpc) is 3.15. The third kappa shape index (κ3) is 1.65. The lowest BCUT2D eigenvalue weighted by molar-refractivity contribution is 0.546. The summed E-state index contributed by atoms with van der Waals surface area (Å²) in [7, 11) is 0. The van der Waals surface area contributed by atoms with E-state index in [1.54, 1.807) is 0 Å². The highest BCUT2D eigenvalue weighted by Gasteiger charge is 2.18. The molecule has 4 nitrogen and oxygen atoms in total. The van der Waals surface area contributed by atoms with E-state index in [4.69, 9.17) is 4.42 Å². The summed E-state index contributed by atoms with van der Waals surface area (Å²) in [6.45, 7) is 3.67. The number of nitrogens with one attached hydrogen (secondary N) is 1. The van der Waals surface area contributed by atoms with Gasteiger partial charge in [-0.3, -0.25) is 9.56 Å². The Kier molecular flexibility index (Phi) is 2.42. The van der Waals surface area contributed by atoms with E-state index in [1.165, 1.54) is 5.39 Å². The molecule has 0 fully saturated rings. The molecule has 1 aliphatic rings. The molecule has 1 aliphatic heterocycles. The molecule has 0 bridgehead atoms. The van der Waals surface area contributed by atoms with Crippen molar-refractivity contribution in [3.8, 4) is 11.5 Å². The molecule has 0 aliphatic carbocycles. The molecule has 0 atom stereocenters. The zero-order valence-corrected chi connectivity index (χ0v) is 11.3. The number of nitrogens with zero attached hydrogens (tertiary/aromatic N) is 2. The van der Waals surface area contributed by atoms with Gasteiger partial charge >= 0.3 is 0 Å². The Bertz CT molecular complexity index is 810. The van der Waals surface area contributed by atoms with E-state index in [0.717, 1.165) is 41.8 Å². The van der Waals surface area contributed by atoms with Crippen molar-refractivity contribution in [1.82, 2.24) is 9.88 Å². The third-order valence-corrected chi connectivity index (χ3v) is 3.57. The van der Waals surface area contributed by atoms with Crippen LogP contribution in [0.25, 0.3) is 22.4 Å². The summed E-state index contributed by atoms with van der Waals surface area (Å²) in [6, 6.07) is 14.5. The van der Waals surface area contributed by atoms with E-state index in [0.29, 0.717) is 0 Å². The Morgan fingerprint density at radius 1 is 1.20 bits per heavy atom. The standard InChI is InChI=1S/C16H15N3O/c1-11-6-7-15(20-11)14-10-12-4-2-3-5-13(12)19(14)16-17-8-9-18-16/h2-7,10H,8-9H2,1H3,(H,17,18). The molecular formula is C16H15N3O. The van der Waals surface area contributed by atoms with Crippen molar-refractivity contribution in [2.45, 2.75) is 6.92 Å². The minimum absolute atomic E-state index is 0.818. The van der Waals surface area contributed by atoms with Crippen LogP contribution in [0.5, 0.6) is 0 Å². The number of aryl methyl sites for hydroxylation is 1. The molecule has 0 saturated carbocycles. The first kappa shape index (κ1) is 11.3. The van der Waals surface area contributed by atoms with Crippen molar-refractivity contribution in [2.24, 2.45) is 4.99 Å². The van der Waals surface area contributed by atoms with E-state index in [2.05, 4.69) is 33.1 Å². The fourth-order valence-corrected chi connectivity index (χ4v) is 2.67. The number of aliphatic imine (C=N–C) groups is 1. The van der Waals surface area contributed by atoms with Gasteiger partial charge in [0.25, 0.3) is 0 Å². The second-order valence-electron chi connectivity index (χ2n) is 4.97. The minimum atomic E-state index is 0.818. The summed E-state index contributed by atoms with van der Waals surface area (Å²) in [4.78, 5) is 4.55. The Balaban J connectivity index is 2.01. The van der Waals surface area contributed by atoms with Crippen molar-refractivity contribution < 1.29 is 4.42 Å². The molecule has 1 aromatic carbocycles. The highest BCUT2D eigenvalue weighted by molar-refractivity contribution is 5.99. The van der Waals surface area contributed by atoms with Gasteiger partial charge in [0.2, 0.25) is 5.96 Å². The van der Waals surface area contributed by atoms with Crippen LogP contribution < -0.4 is 5.32 Å². The highest BCUT2D eigenvalue weighted by atomic mass is 16.3. The number of para-hydroxylation sites is 1. The van der Waals surface area contributed by atoms with E-state index in [-0.39, 0.29) is 0 Å². The summed E-state index contributed by atoms with van der Waals surface area (Å²) in [5.41, 5.74) is 2.18. The molecule has 2 aromatic heterocycles. The first-order valence-corrected chi connectivity index (χ1v) is 6.79. The number of hydrogen-bond acceptors (Lipinski definition) is 3. The summed E-state index contributed by atoms with van der Waals surface area (Å²) >= 11 is 0. The molecule has 4 rings (SSSR count). The zero-order valence-electron chi connectivity index (χ0n) is 11.3. The molecule has 20 heavy (non-hydrogen) atoms. The van der Waals surface area contributed by atoms with Crippen LogP contribution in [0.2, 0.25) is 0 Å². The van der Waals surface area contributed by atoms with Gasteiger partial charge in [0, 0.05) is 11.9 Å². The number of rotatable bonds is 1. The molecule has 100 valence electrons. The third-order valence-electron chi connectivity index (χ3n) is 3.57. The van der Waals surface area contributed by atoms with Gasteiger partial charge in [-0.05, 0) is 31.2 Å². The predicted octanol–water partition coefficient (Wildman–Crippen LogP) is 3.02. The summed E-state index contributed by atoms with van der Waals surface area (Å²) in [5, 5.41) is 4.53. The summed E-state index contributed by atoms with van der Waals surface area (Å²) in [6.07, 6.45) is 0. The van der Waals surface area contributed by atoms with Crippen LogP contribution in [0.4, 0.5) is 0 Å². The fraction of sp³-hybridized carbons (Fsp3) is 0.188. The van der Waals surface area contributed by atoms with Gasteiger partial charge in [0.05, 0.1) is 17.8 Å². The second kappa shape index (κ2) is 4.27. The Morgan fingerprint density at radius 2 is 2.10 bits per heavy atom. The molecule has 0 unspecified atom stereocenters. The van der Waals surface area contributed by atoms with E-state index >= 15 is 0 Å². The second-order valence-corrected chi connectivity index (χ2v) is 4.97. The van der Waals surface area contributed by atoms with Crippen LogP contribution in [0.3, 0.4) is 0 Å². The van der Waals surface area contributed by atoms with E-state index in [9.17, 15) is 0 Å². The van der Waals surface area contributed by atoms with E-state index < -0.39 is 0 Å². The molecule has 3 aromatic rings. The fourth-order valence-electron chi connectivity index (χ4n) is 2.67. The van der Waals surface area contributed by atoms with Crippen LogP contribution in [-0.2, 0) is 0 Å². The van der Waals surface area contributed by atoms with Crippen LogP contribution in [0, 0.1) is 6.92 Å². The van der Waals surface area contributed by atoms with Crippen molar-refractivity contribution >= 4 is 16.9 Å². The zero-order chi connectivity index (χ0) is 13.5. The molecule has 4 heteroatoms. The van der Waals surface area contributed by atoms with Crippen LogP contribution >= 0.6 is 0 Å². The highest BCUT2D eigenvalue weighted by Crippen LogP contribution is 2.29.